The zero-order chi connectivity index (χ0) is 21.7. The molecule has 0 spiro atoms. The van der Waals surface area contributed by atoms with Gasteiger partial charge in [-0.15, -0.1) is 0 Å². The van der Waals surface area contributed by atoms with Crippen LogP contribution in [-0.4, -0.2) is 78.6 Å². The Bertz CT molecular complexity index is 948. The number of benzene rings is 1. The maximum atomic E-state index is 12.6. The van der Waals surface area contributed by atoms with E-state index in [4.69, 9.17) is 9.47 Å². The number of methoxy groups -OCH3 is 1. The maximum Gasteiger partial charge on any atom is 0.409 e. The molecule has 3 rings (SSSR count). The number of nitrogens with zero attached hydrogens (tertiary/aromatic N) is 3. The number of hydrogen-bond acceptors (Lipinski definition) is 6. The highest BCUT2D eigenvalue weighted by Crippen LogP contribution is 2.24. The first kappa shape index (κ1) is 21.4. The lowest BCUT2D eigenvalue weighted by atomic mass is 10.1. The molecule has 1 atom stereocenters. The van der Waals surface area contributed by atoms with E-state index < -0.39 is 5.91 Å². The van der Waals surface area contributed by atoms with Gasteiger partial charge in [0.15, 0.2) is 0 Å². The van der Waals surface area contributed by atoms with Crippen LogP contribution in [0.3, 0.4) is 0 Å². The molecular formula is C21H26N4O5. The Hall–Kier alpha value is -3.36. The number of pyridine rings is 1. The molecule has 1 fully saturated rings. The summed E-state index contributed by atoms with van der Waals surface area (Å²) in [6, 6.07) is 8.74. The fraction of sp³-hybridized carbons (Fsp3) is 0.429. The molecule has 0 aliphatic carbocycles. The molecule has 3 amide bonds. The Morgan fingerprint density at radius 2 is 2.00 bits per heavy atom. The van der Waals surface area contributed by atoms with Crippen LogP contribution < -0.4 is 10.1 Å². The van der Waals surface area contributed by atoms with Crippen LogP contribution in [0.15, 0.2) is 30.3 Å². The normalized spacial score (nSPS) is 16.3. The van der Waals surface area contributed by atoms with Crippen molar-refractivity contribution < 1.29 is 23.9 Å². The van der Waals surface area contributed by atoms with Crippen LogP contribution in [-0.2, 0) is 9.53 Å². The lowest BCUT2D eigenvalue weighted by Crippen LogP contribution is -2.57. The summed E-state index contributed by atoms with van der Waals surface area (Å²) >= 11 is 0. The lowest BCUT2D eigenvalue weighted by Gasteiger charge is -2.39. The summed E-state index contributed by atoms with van der Waals surface area (Å²) in [6.45, 7) is 4.95. The van der Waals surface area contributed by atoms with Crippen LogP contribution in [0.4, 0.5) is 4.79 Å². The van der Waals surface area contributed by atoms with Gasteiger partial charge in [0.2, 0.25) is 5.91 Å². The summed E-state index contributed by atoms with van der Waals surface area (Å²) < 4.78 is 10.4. The van der Waals surface area contributed by atoms with Crippen LogP contribution in [0.25, 0.3) is 10.9 Å². The fourth-order valence-corrected chi connectivity index (χ4v) is 3.49. The van der Waals surface area contributed by atoms with Crippen molar-refractivity contribution in [1.29, 1.82) is 0 Å². The van der Waals surface area contributed by atoms with E-state index in [0.717, 1.165) is 5.39 Å². The standard InChI is InChI=1S/C21H26N4O5/c1-4-30-21(28)24-9-10-25(14(2)13-24)19(26)12-22-20(27)17-11-18(29-3)15-7-5-6-8-16(15)23-17/h5-8,11,14H,4,9-10,12-13H2,1-3H3,(H,22,27)/t14-/m1/s1. The summed E-state index contributed by atoms with van der Waals surface area (Å²) in [6.07, 6.45) is -0.374. The van der Waals surface area contributed by atoms with Crippen molar-refractivity contribution in [2.75, 3.05) is 39.9 Å². The molecule has 2 heterocycles. The quantitative estimate of drug-likeness (QED) is 0.799. The Morgan fingerprint density at radius 3 is 2.70 bits per heavy atom. The summed E-state index contributed by atoms with van der Waals surface area (Å²) in [5.41, 5.74) is 0.815. The highest BCUT2D eigenvalue weighted by Gasteiger charge is 2.30. The molecule has 0 radical (unpaired) electrons. The minimum Gasteiger partial charge on any atom is -0.496 e. The van der Waals surface area contributed by atoms with Crippen molar-refractivity contribution in [3.63, 3.8) is 0 Å². The van der Waals surface area contributed by atoms with E-state index >= 15 is 0 Å². The first-order chi connectivity index (χ1) is 14.4. The van der Waals surface area contributed by atoms with Crippen molar-refractivity contribution >= 4 is 28.8 Å². The van der Waals surface area contributed by atoms with E-state index in [2.05, 4.69) is 10.3 Å². The van der Waals surface area contributed by atoms with Crippen molar-refractivity contribution in [1.82, 2.24) is 20.1 Å². The molecule has 0 bridgehead atoms. The Kier molecular flexibility index (Phi) is 6.71. The van der Waals surface area contributed by atoms with Gasteiger partial charge in [-0.05, 0) is 26.0 Å². The molecule has 2 aromatic rings. The second-order valence-electron chi connectivity index (χ2n) is 6.99. The van der Waals surface area contributed by atoms with Gasteiger partial charge in [-0.2, -0.15) is 0 Å². The van der Waals surface area contributed by atoms with E-state index in [9.17, 15) is 14.4 Å². The molecular weight excluding hydrogens is 388 g/mol. The van der Waals surface area contributed by atoms with Crippen molar-refractivity contribution in [3.05, 3.63) is 36.0 Å². The van der Waals surface area contributed by atoms with Gasteiger partial charge in [0.1, 0.15) is 11.4 Å². The summed E-state index contributed by atoms with van der Waals surface area (Å²) in [5.74, 6) is -0.127. The molecule has 0 saturated carbocycles. The molecule has 1 aromatic carbocycles. The number of rotatable bonds is 5. The van der Waals surface area contributed by atoms with E-state index in [0.29, 0.717) is 37.5 Å². The summed E-state index contributed by atoms with van der Waals surface area (Å²) in [5, 5.41) is 3.44. The molecule has 30 heavy (non-hydrogen) atoms. The van der Waals surface area contributed by atoms with Crippen LogP contribution in [0.2, 0.25) is 0 Å². The van der Waals surface area contributed by atoms with Crippen molar-refractivity contribution in [2.24, 2.45) is 0 Å². The number of fused-ring (bicyclic) bond motifs is 1. The largest absolute Gasteiger partial charge is 0.496 e. The molecule has 1 saturated heterocycles. The maximum absolute atomic E-state index is 12.6. The van der Waals surface area contributed by atoms with Gasteiger partial charge in [0.25, 0.3) is 5.91 Å². The van der Waals surface area contributed by atoms with Gasteiger partial charge in [-0.1, -0.05) is 12.1 Å². The number of aromatic nitrogens is 1. The average molecular weight is 414 g/mol. The third kappa shape index (κ3) is 4.61. The van der Waals surface area contributed by atoms with E-state index in [1.807, 2.05) is 25.1 Å². The molecule has 1 aliphatic heterocycles. The van der Waals surface area contributed by atoms with Gasteiger partial charge in [-0.25, -0.2) is 9.78 Å². The summed E-state index contributed by atoms with van der Waals surface area (Å²) in [7, 11) is 1.53. The predicted molar refractivity (Wildman–Crippen MR) is 110 cm³/mol. The number of hydrogen-bond donors (Lipinski definition) is 1. The Labute approximate surface area is 174 Å². The first-order valence-electron chi connectivity index (χ1n) is 9.87. The van der Waals surface area contributed by atoms with Gasteiger partial charge in [-0.3, -0.25) is 9.59 Å². The zero-order valence-corrected chi connectivity index (χ0v) is 17.4. The van der Waals surface area contributed by atoms with Crippen molar-refractivity contribution in [2.45, 2.75) is 19.9 Å². The molecule has 9 nitrogen and oxygen atoms in total. The third-order valence-corrected chi connectivity index (χ3v) is 5.00. The van der Waals surface area contributed by atoms with Crippen LogP contribution in [0.1, 0.15) is 24.3 Å². The monoisotopic (exact) mass is 414 g/mol. The SMILES string of the molecule is CCOC(=O)N1CCN(C(=O)CNC(=O)c2cc(OC)c3ccccc3n2)[C@H](C)C1. The second kappa shape index (κ2) is 9.43. The second-order valence-corrected chi connectivity index (χ2v) is 6.99. The first-order valence-corrected chi connectivity index (χ1v) is 9.87. The number of carbonyl (C=O) groups is 3. The molecule has 1 aliphatic rings. The third-order valence-electron chi connectivity index (χ3n) is 5.00. The molecule has 160 valence electrons. The van der Waals surface area contributed by atoms with Gasteiger partial charge < -0.3 is 24.6 Å². The number of nitrogens with one attached hydrogen (secondary N) is 1. The van der Waals surface area contributed by atoms with E-state index in [1.54, 1.807) is 28.9 Å². The highest BCUT2D eigenvalue weighted by atomic mass is 16.6. The predicted octanol–water partition coefficient (Wildman–Crippen LogP) is 1.66. The molecule has 1 aromatic heterocycles. The number of carbonyl (C=O) groups excluding carboxylic acids is 3. The van der Waals surface area contributed by atoms with Crippen LogP contribution in [0.5, 0.6) is 5.75 Å². The smallest absolute Gasteiger partial charge is 0.409 e. The van der Waals surface area contributed by atoms with Crippen molar-refractivity contribution in [3.8, 4) is 5.75 Å². The Balaban J connectivity index is 1.60. The van der Waals surface area contributed by atoms with Crippen LogP contribution >= 0.6 is 0 Å². The molecule has 1 N–H and O–H groups in total. The average Bonchev–Trinajstić information content (AvgIpc) is 2.76. The lowest BCUT2D eigenvalue weighted by molar-refractivity contribution is -0.134. The minimum absolute atomic E-state index is 0.153. The number of amides is 3. The van der Waals surface area contributed by atoms with Gasteiger partial charge in [0, 0.05) is 37.1 Å². The van der Waals surface area contributed by atoms with E-state index in [-0.39, 0.29) is 30.3 Å². The van der Waals surface area contributed by atoms with Gasteiger partial charge in [0.05, 0.1) is 25.8 Å². The minimum atomic E-state index is -0.454. The number of piperazine rings is 1. The van der Waals surface area contributed by atoms with E-state index in [1.165, 1.54) is 7.11 Å². The zero-order valence-electron chi connectivity index (χ0n) is 17.4. The number of ether oxygens (including phenoxy) is 2. The summed E-state index contributed by atoms with van der Waals surface area (Å²) in [4.78, 5) is 44.6. The topological polar surface area (TPSA) is 101 Å². The fourth-order valence-electron chi connectivity index (χ4n) is 3.49. The molecule has 9 heteroatoms. The highest BCUT2D eigenvalue weighted by molar-refractivity contribution is 5.98. The van der Waals surface area contributed by atoms with Crippen LogP contribution in [0, 0.1) is 0 Å². The molecule has 0 unspecified atom stereocenters. The Morgan fingerprint density at radius 1 is 1.23 bits per heavy atom. The number of para-hydroxylation sites is 1. The van der Waals surface area contributed by atoms with Gasteiger partial charge >= 0.3 is 6.09 Å².